The van der Waals surface area contributed by atoms with E-state index in [0.717, 1.165) is 23.7 Å². The van der Waals surface area contributed by atoms with Gasteiger partial charge in [-0.1, -0.05) is 94.5 Å². The summed E-state index contributed by atoms with van der Waals surface area (Å²) in [6, 6.07) is 18.9. The van der Waals surface area contributed by atoms with Crippen molar-refractivity contribution in [3.8, 4) is 11.1 Å². The molecule has 0 spiro atoms. The van der Waals surface area contributed by atoms with Crippen LogP contribution in [0.25, 0.3) is 11.1 Å². The van der Waals surface area contributed by atoms with E-state index in [1.54, 1.807) is 11.1 Å². The van der Waals surface area contributed by atoms with Crippen molar-refractivity contribution in [2.24, 2.45) is 11.8 Å². The van der Waals surface area contributed by atoms with Gasteiger partial charge in [-0.25, -0.2) is 0 Å². The molecule has 2 unspecified atom stereocenters. The summed E-state index contributed by atoms with van der Waals surface area (Å²) >= 11 is 0. The van der Waals surface area contributed by atoms with E-state index in [0.29, 0.717) is 0 Å². The highest BCUT2D eigenvalue weighted by Crippen LogP contribution is 2.37. The fraction of sp³-hybridized carbons (Fsp3) is 0.556. The first kappa shape index (κ1) is 18.8. The van der Waals surface area contributed by atoms with Crippen LogP contribution in [0.1, 0.15) is 94.6 Å². The maximum absolute atomic E-state index is 2.42. The van der Waals surface area contributed by atoms with Crippen LogP contribution >= 0.6 is 0 Å². The summed E-state index contributed by atoms with van der Waals surface area (Å²) in [6.07, 6.45) is 12.5. The van der Waals surface area contributed by atoms with Crippen LogP contribution in [0.15, 0.2) is 48.5 Å². The van der Waals surface area contributed by atoms with Gasteiger partial charge in [0, 0.05) is 0 Å². The van der Waals surface area contributed by atoms with Gasteiger partial charge in [0.15, 0.2) is 0 Å². The molecule has 2 aromatic carbocycles. The Morgan fingerprint density at radius 3 is 1.37 bits per heavy atom. The van der Waals surface area contributed by atoms with Crippen molar-refractivity contribution >= 4 is 0 Å². The Bertz CT molecular complexity index is 701. The van der Waals surface area contributed by atoms with Crippen LogP contribution in [0.2, 0.25) is 0 Å². The SMILES string of the molecule is CC1CCCC(c2ccc(-c3ccc(C4CCC(C)CC4)cc3)cc2)CC1. The molecule has 2 fully saturated rings. The van der Waals surface area contributed by atoms with Gasteiger partial charge in [-0.15, -0.1) is 0 Å². The van der Waals surface area contributed by atoms with Gasteiger partial charge in [-0.3, -0.25) is 0 Å². The second-order valence-corrected chi connectivity index (χ2v) is 9.51. The Labute approximate surface area is 166 Å². The van der Waals surface area contributed by atoms with Crippen molar-refractivity contribution in [1.29, 1.82) is 0 Å². The fourth-order valence-electron chi connectivity index (χ4n) is 5.31. The van der Waals surface area contributed by atoms with Crippen molar-refractivity contribution in [3.05, 3.63) is 59.7 Å². The third-order valence-electron chi connectivity index (χ3n) is 7.37. The lowest BCUT2D eigenvalue weighted by Crippen LogP contribution is -2.10. The molecule has 2 aliphatic rings. The predicted molar refractivity (Wildman–Crippen MR) is 117 cm³/mol. The van der Waals surface area contributed by atoms with Crippen LogP contribution in [0.4, 0.5) is 0 Å². The average Bonchev–Trinajstić information content (AvgIpc) is 2.93. The number of rotatable bonds is 3. The van der Waals surface area contributed by atoms with Crippen molar-refractivity contribution in [3.63, 3.8) is 0 Å². The third-order valence-corrected chi connectivity index (χ3v) is 7.37. The highest BCUT2D eigenvalue weighted by atomic mass is 14.3. The van der Waals surface area contributed by atoms with Gasteiger partial charge < -0.3 is 0 Å². The van der Waals surface area contributed by atoms with Gasteiger partial charge in [0.05, 0.1) is 0 Å². The first-order valence-corrected chi connectivity index (χ1v) is 11.4. The molecule has 0 aromatic heterocycles. The lowest BCUT2D eigenvalue weighted by atomic mass is 9.79. The highest BCUT2D eigenvalue weighted by Gasteiger charge is 2.20. The zero-order valence-corrected chi connectivity index (χ0v) is 17.3. The van der Waals surface area contributed by atoms with E-state index in [2.05, 4.69) is 62.4 Å². The lowest BCUT2D eigenvalue weighted by Gasteiger charge is -2.26. The van der Waals surface area contributed by atoms with Crippen LogP contribution in [0.3, 0.4) is 0 Å². The first-order chi connectivity index (χ1) is 13.2. The molecule has 0 radical (unpaired) electrons. The van der Waals surface area contributed by atoms with E-state index >= 15 is 0 Å². The van der Waals surface area contributed by atoms with Crippen LogP contribution in [-0.2, 0) is 0 Å². The van der Waals surface area contributed by atoms with E-state index in [-0.39, 0.29) is 0 Å². The number of hydrogen-bond acceptors (Lipinski definition) is 0. The molecule has 2 aliphatic carbocycles. The average molecular weight is 361 g/mol. The molecule has 2 atom stereocenters. The van der Waals surface area contributed by atoms with Gasteiger partial charge in [-0.2, -0.15) is 0 Å². The Morgan fingerprint density at radius 1 is 0.481 bits per heavy atom. The summed E-state index contributed by atoms with van der Waals surface area (Å²) in [4.78, 5) is 0. The summed E-state index contributed by atoms with van der Waals surface area (Å²) in [6.45, 7) is 4.82. The Morgan fingerprint density at radius 2 is 0.889 bits per heavy atom. The molecule has 4 rings (SSSR count). The van der Waals surface area contributed by atoms with Crippen LogP contribution in [-0.4, -0.2) is 0 Å². The minimum absolute atomic E-state index is 0.778. The van der Waals surface area contributed by atoms with E-state index in [4.69, 9.17) is 0 Å². The van der Waals surface area contributed by atoms with Crippen LogP contribution < -0.4 is 0 Å². The molecule has 2 aromatic rings. The fourth-order valence-corrected chi connectivity index (χ4v) is 5.31. The van der Waals surface area contributed by atoms with Crippen molar-refractivity contribution < 1.29 is 0 Å². The monoisotopic (exact) mass is 360 g/mol. The predicted octanol–water partition coefficient (Wildman–Crippen LogP) is 8.33. The molecule has 0 aliphatic heterocycles. The van der Waals surface area contributed by atoms with Crippen molar-refractivity contribution in [2.75, 3.05) is 0 Å². The maximum atomic E-state index is 2.42. The van der Waals surface area contributed by atoms with E-state index in [1.165, 1.54) is 68.9 Å². The lowest BCUT2D eigenvalue weighted by molar-refractivity contribution is 0.348. The zero-order chi connectivity index (χ0) is 18.6. The smallest absolute Gasteiger partial charge is 0.0162 e. The largest absolute Gasteiger partial charge is 0.0625 e. The second kappa shape index (κ2) is 8.63. The maximum Gasteiger partial charge on any atom is -0.0162 e. The summed E-state index contributed by atoms with van der Waals surface area (Å²) in [5.41, 5.74) is 5.84. The summed E-state index contributed by atoms with van der Waals surface area (Å²) in [5.74, 6) is 3.41. The number of benzene rings is 2. The van der Waals surface area contributed by atoms with E-state index in [1.807, 2.05) is 0 Å². The normalized spacial score (nSPS) is 29.3. The molecule has 0 nitrogen and oxygen atoms in total. The molecule has 0 N–H and O–H groups in total. The van der Waals surface area contributed by atoms with Crippen molar-refractivity contribution in [1.82, 2.24) is 0 Å². The Balaban J connectivity index is 1.42. The standard InChI is InChI=1S/C27H36/c1-20-4-3-5-22(9-6-20)24-12-14-26(15-13-24)27-18-16-25(17-19-27)23-10-7-21(2)8-11-23/h12-23H,3-11H2,1-2H3. The van der Waals surface area contributed by atoms with E-state index < -0.39 is 0 Å². The van der Waals surface area contributed by atoms with Gasteiger partial charge in [0.1, 0.15) is 0 Å². The van der Waals surface area contributed by atoms with Gasteiger partial charge in [-0.05, 0) is 71.6 Å². The van der Waals surface area contributed by atoms with Gasteiger partial charge in [0.2, 0.25) is 0 Å². The Kier molecular flexibility index (Phi) is 6.01. The van der Waals surface area contributed by atoms with Crippen molar-refractivity contribution in [2.45, 2.75) is 83.5 Å². The topological polar surface area (TPSA) is 0 Å². The summed E-state index contributed by atoms with van der Waals surface area (Å²) in [5, 5.41) is 0. The molecule has 0 heteroatoms. The molecule has 27 heavy (non-hydrogen) atoms. The summed E-state index contributed by atoms with van der Waals surface area (Å²) < 4.78 is 0. The molecule has 0 bridgehead atoms. The quantitative estimate of drug-likeness (QED) is 0.482. The van der Waals surface area contributed by atoms with E-state index in [9.17, 15) is 0 Å². The number of hydrogen-bond donors (Lipinski definition) is 0. The molecular weight excluding hydrogens is 324 g/mol. The first-order valence-electron chi connectivity index (χ1n) is 11.4. The molecule has 0 heterocycles. The highest BCUT2D eigenvalue weighted by molar-refractivity contribution is 5.64. The van der Waals surface area contributed by atoms with Crippen LogP contribution in [0, 0.1) is 11.8 Å². The molecule has 144 valence electrons. The third kappa shape index (κ3) is 4.65. The minimum Gasteiger partial charge on any atom is -0.0625 e. The van der Waals surface area contributed by atoms with Gasteiger partial charge in [0.25, 0.3) is 0 Å². The van der Waals surface area contributed by atoms with Crippen LogP contribution in [0.5, 0.6) is 0 Å². The summed E-state index contributed by atoms with van der Waals surface area (Å²) in [7, 11) is 0. The molecule has 2 saturated carbocycles. The molecular formula is C27H36. The molecule has 0 saturated heterocycles. The minimum atomic E-state index is 0.778. The molecule has 0 amide bonds. The zero-order valence-electron chi connectivity index (χ0n) is 17.3. The second-order valence-electron chi connectivity index (χ2n) is 9.51. The van der Waals surface area contributed by atoms with Gasteiger partial charge >= 0.3 is 0 Å². The Hall–Kier alpha value is -1.56.